The van der Waals surface area contributed by atoms with Crippen LogP contribution in [0.1, 0.15) is 57.6 Å². The molecule has 1 aliphatic heterocycles. The van der Waals surface area contributed by atoms with Gasteiger partial charge in [0.1, 0.15) is 6.10 Å². The first kappa shape index (κ1) is 20.6. The molecule has 3 aliphatic rings. The van der Waals surface area contributed by atoms with Gasteiger partial charge in [-0.15, -0.1) is 0 Å². The predicted octanol–water partition coefficient (Wildman–Crippen LogP) is 4.35. The largest absolute Gasteiger partial charge is 0.462 e. The maximum absolute atomic E-state index is 12.8. The molecular formula is C25H35NO3. The number of aliphatic hydroxyl groups excluding tert-OH is 1. The number of aliphatic hydroxyl groups is 1. The van der Waals surface area contributed by atoms with Crippen LogP contribution >= 0.6 is 0 Å². The van der Waals surface area contributed by atoms with Crippen molar-refractivity contribution in [2.75, 3.05) is 13.6 Å². The summed E-state index contributed by atoms with van der Waals surface area (Å²) in [5, 5.41) is 10.8. The average molecular weight is 398 g/mol. The van der Waals surface area contributed by atoms with Gasteiger partial charge in [-0.25, -0.2) is 0 Å². The van der Waals surface area contributed by atoms with Crippen molar-refractivity contribution in [1.29, 1.82) is 0 Å². The standard InChI is InChI=1S/C25H35NO3/c1-16-9-8-12-25(3)14-22-19(13-21(16)25)20(24(28)29-22)15-26(4)17(2)23(27)18-10-6-5-7-11-18/h5-7,10-11,17,19-23,27H,1,8-9,12-15H2,2-4H3/t17-,19+,20-,21+,22+,23+,25+/m0/s1. The van der Waals surface area contributed by atoms with Crippen LogP contribution in [-0.2, 0) is 9.53 Å². The van der Waals surface area contributed by atoms with E-state index in [9.17, 15) is 9.90 Å². The smallest absolute Gasteiger partial charge is 0.310 e. The van der Waals surface area contributed by atoms with Crippen molar-refractivity contribution in [2.24, 2.45) is 23.2 Å². The Balaban J connectivity index is 1.46. The number of esters is 1. The van der Waals surface area contributed by atoms with Gasteiger partial charge in [0, 0.05) is 18.5 Å². The molecule has 3 fully saturated rings. The molecule has 1 saturated heterocycles. The van der Waals surface area contributed by atoms with Crippen molar-refractivity contribution < 1.29 is 14.6 Å². The summed E-state index contributed by atoms with van der Waals surface area (Å²) in [6.07, 6.45) is 4.98. The zero-order valence-corrected chi connectivity index (χ0v) is 18.0. The highest BCUT2D eigenvalue weighted by Gasteiger charge is 2.55. The van der Waals surface area contributed by atoms with Crippen molar-refractivity contribution in [1.82, 2.24) is 4.90 Å². The Hall–Kier alpha value is -1.65. The summed E-state index contributed by atoms with van der Waals surface area (Å²) in [6.45, 7) is 9.39. The van der Waals surface area contributed by atoms with E-state index in [1.54, 1.807) is 0 Å². The second-order valence-corrected chi connectivity index (χ2v) is 9.94. The van der Waals surface area contributed by atoms with E-state index in [1.807, 2.05) is 44.3 Å². The van der Waals surface area contributed by atoms with Gasteiger partial charge in [-0.2, -0.15) is 0 Å². The lowest BCUT2D eigenvalue weighted by atomic mass is 9.55. The Morgan fingerprint density at radius 3 is 2.79 bits per heavy atom. The molecule has 29 heavy (non-hydrogen) atoms. The van der Waals surface area contributed by atoms with Crippen LogP contribution in [0.15, 0.2) is 42.5 Å². The Kier molecular flexibility index (Phi) is 5.60. The van der Waals surface area contributed by atoms with Crippen molar-refractivity contribution >= 4 is 5.97 Å². The number of carbonyl (C=O) groups excluding carboxylic acids is 1. The molecule has 4 nitrogen and oxygen atoms in total. The first-order valence-corrected chi connectivity index (χ1v) is 11.1. The molecule has 7 atom stereocenters. The average Bonchev–Trinajstić information content (AvgIpc) is 2.99. The second kappa shape index (κ2) is 7.88. The van der Waals surface area contributed by atoms with Gasteiger partial charge in [0.25, 0.3) is 0 Å². The molecule has 0 spiro atoms. The fraction of sp³-hybridized carbons (Fsp3) is 0.640. The highest BCUT2D eigenvalue weighted by Crippen LogP contribution is 2.57. The van der Waals surface area contributed by atoms with Crippen LogP contribution in [0.2, 0.25) is 0 Å². The number of hydrogen-bond acceptors (Lipinski definition) is 4. The summed E-state index contributed by atoms with van der Waals surface area (Å²) in [6, 6.07) is 9.66. The Labute approximate surface area is 174 Å². The maximum atomic E-state index is 12.8. The van der Waals surface area contributed by atoms with Gasteiger partial charge in [0.2, 0.25) is 0 Å². The predicted molar refractivity (Wildman–Crippen MR) is 114 cm³/mol. The number of ether oxygens (including phenoxy) is 1. The normalized spacial score (nSPS) is 36.3. The first-order valence-electron chi connectivity index (χ1n) is 11.1. The number of carbonyl (C=O) groups is 1. The SMILES string of the molecule is C=C1CCC[C@]2(C)C[C@H]3OC(=O)[C@@H](CN(C)[C@@H](C)[C@@H](O)c4ccccc4)[C@H]3C[C@H]12. The van der Waals surface area contributed by atoms with Gasteiger partial charge in [-0.3, -0.25) is 9.69 Å². The zero-order valence-electron chi connectivity index (χ0n) is 18.0. The number of hydrogen-bond donors (Lipinski definition) is 1. The lowest BCUT2D eigenvalue weighted by molar-refractivity contribution is -0.146. The molecule has 0 aromatic heterocycles. The lowest BCUT2D eigenvalue weighted by Crippen LogP contribution is -2.46. The molecule has 2 saturated carbocycles. The number of likely N-dealkylation sites (N-methyl/N-ethyl adjacent to an activating group) is 1. The van der Waals surface area contributed by atoms with Crippen molar-refractivity contribution in [3.63, 3.8) is 0 Å². The van der Waals surface area contributed by atoms with E-state index in [1.165, 1.54) is 18.4 Å². The van der Waals surface area contributed by atoms with E-state index < -0.39 is 6.10 Å². The minimum atomic E-state index is -0.581. The molecule has 1 N–H and O–H groups in total. The van der Waals surface area contributed by atoms with Crippen LogP contribution in [0.3, 0.4) is 0 Å². The quantitative estimate of drug-likeness (QED) is 0.593. The number of fused-ring (bicyclic) bond motifs is 2. The molecule has 0 radical (unpaired) electrons. The van der Waals surface area contributed by atoms with E-state index in [-0.39, 0.29) is 35.4 Å². The summed E-state index contributed by atoms with van der Waals surface area (Å²) in [7, 11) is 2.00. The Bertz CT molecular complexity index is 763. The molecule has 1 heterocycles. The molecule has 2 aliphatic carbocycles. The van der Waals surface area contributed by atoms with Gasteiger partial charge in [-0.1, -0.05) is 49.4 Å². The van der Waals surface area contributed by atoms with Crippen LogP contribution in [0, 0.1) is 23.2 Å². The Morgan fingerprint density at radius 2 is 2.07 bits per heavy atom. The van der Waals surface area contributed by atoms with E-state index in [0.717, 1.165) is 24.8 Å². The summed E-state index contributed by atoms with van der Waals surface area (Å²) in [5.41, 5.74) is 2.51. The second-order valence-electron chi connectivity index (χ2n) is 9.94. The highest BCUT2D eigenvalue weighted by molar-refractivity contribution is 5.75. The van der Waals surface area contributed by atoms with E-state index in [4.69, 9.17) is 4.74 Å². The molecule has 1 aromatic carbocycles. The van der Waals surface area contributed by atoms with Crippen molar-refractivity contribution in [2.45, 2.75) is 64.2 Å². The van der Waals surface area contributed by atoms with Gasteiger partial charge in [-0.05, 0) is 63.0 Å². The van der Waals surface area contributed by atoms with Crippen LogP contribution in [0.25, 0.3) is 0 Å². The van der Waals surface area contributed by atoms with Crippen LogP contribution in [0.5, 0.6) is 0 Å². The zero-order chi connectivity index (χ0) is 20.8. The third-order valence-electron chi connectivity index (χ3n) is 8.10. The third-order valence-corrected chi connectivity index (χ3v) is 8.10. The van der Waals surface area contributed by atoms with Gasteiger partial charge < -0.3 is 9.84 Å². The van der Waals surface area contributed by atoms with Crippen LogP contribution in [-0.4, -0.2) is 41.7 Å². The molecule has 0 unspecified atom stereocenters. The van der Waals surface area contributed by atoms with Crippen LogP contribution < -0.4 is 0 Å². The molecule has 4 rings (SSSR count). The number of benzene rings is 1. The van der Waals surface area contributed by atoms with E-state index in [0.29, 0.717) is 12.5 Å². The minimum absolute atomic E-state index is 0.0439. The highest BCUT2D eigenvalue weighted by atomic mass is 16.6. The molecule has 4 heteroatoms. The number of allylic oxidation sites excluding steroid dienone is 1. The topological polar surface area (TPSA) is 49.8 Å². The Morgan fingerprint density at radius 1 is 1.34 bits per heavy atom. The molecule has 158 valence electrons. The molecule has 0 amide bonds. The summed E-state index contributed by atoms with van der Waals surface area (Å²) in [4.78, 5) is 14.9. The monoisotopic (exact) mass is 397 g/mol. The van der Waals surface area contributed by atoms with E-state index >= 15 is 0 Å². The van der Waals surface area contributed by atoms with Crippen molar-refractivity contribution in [3.8, 4) is 0 Å². The fourth-order valence-electron chi connectivity index (χ4n) is 6.11. The fourth-order valence-corrected chi connectivity index (χ4v) is 6.11. The van der Waals surface area contributed by atoms with Crippen LogP contribution in [0.4, 0.5) is 0 Å². The van der Waals surface area contributed by atoms with Gasteiger partial charge >= 0.3 is 5.97 Å². The first-order chi connectivity index (χ1) is 13.8. The lowest BCUT2D eigenvalue weighted by Gasteiger charge is -2.50. The van der Waals surface area contributed by atoms with Crippen molar-refractivity contribution in [3.05, 3.63) is 48.0 Å². The summed E-state index contributed by atoms with van der Waals surface area (Å²) < 4.78 is 5.90. The van der Waals surface area contributed by atoms with Gasteiger partial charge in [0.15, 0.2) is 0 Å². The number of nitrogens with zero attached hydrogens (tertiary/aromatic N) is 1. The third kappa shape index (κ3) is 3.77. The minimum Gasteiger partial charge on any atom is -0.462 e. The molecule has 0 bridgehead atoms. The molecular weight excluding hydrogens is 362 g/mol. The van der Waals surface area contributed by atoms with Gasteiger partial charge in [0.05, 0.1) is 12.0 Å². The number of rotatable bonds is 5. The molecule has 1 aromatic rings. The van der Waals surface area contributed by atoms with E-state index in [2.05, 4.69) is 18.4 Å². The maximum Gasteiger partial charge on any atom is 0.310 e. The summed E-state index contributed by atoms with van der Waals surface area (Å²) in [5.74, 6) is 0.599. The summed E-state index contributed by atoms with van der Waals surface area (Å²) >= 11 is 0.